The van der Waals surface area contributed by atoms with Gasteiger partial charge in [0, 0.05) is 12.6 Å². The Morgan fingerprint density at radius 2 is 1.84 bits per heavy atom. The summed E-state index contributed by atoms with van der Waals surface area (Å²) in [5.74, 6) is 0.342. The second-order valence-corrected chi connectivity index (χ2v) is 6.29. The molecule has 25 heavy (non-hydrogen) atoms. The molecule has 0 unspecified atom stereocenters. The van der Waals surface area contributed by atoms with E-state index in [1.807, 2.05) is 30.3 Å². The highest BCUT2D eigenvalue weighted by molar-refractivity contribution is 6.44. The zero-order valence-corrected chi connectivity index (χ0v) is 15.0. The number of hydrogen-bond donors (Lipinski definition) is 1. The molecule has 0 bridgehead atoms. The molecule has 0 spiro atoms. The van der Waals surface area contributed by atoms with E-state index in [0.717, 1.165) is 5.56 Å². The lowest BCUT2D eigenvalue weighted by molar-refractivity contribution is 0.102. The summed E-state index contributed by atoms with van der Waals surface area (Å²) in [6, 6.07) is 15.0. The number of benzene rings is 2. The maximum Gasteiger partial charge on any atom is 0.259 e. The smallest absolute Gasteiger partial charge is 0.259 e. The highest BCUT2D eigenvalue weighted by Gasteiger charge is 2.14. The van der Waals surface area contributed by atoms with Gasteiger partial charge in [0.1, 0.15) is 5.82 Å². The van der Waals surface area contributed by atoms with E-state index >= 15 is 0 Å². The molecule has 0 radical (unpaired) electrons. The third kappa shape index (κ3) is 4.16. The summed E-state index contributed by atoms with van der Waals surface area (Å²) in [6.45, 7) is 1.78. The van der Waals surface area contributed by atoms with Crippen molar-refractivity contribution in [3.05, 3.63) is 87.4 Å². The Bertz CT molecular complexity index is 914. The molecule has 0 aliphatic heterocycles. The van der Waals surface area contributed by atoms with Crippen molar-refractivity contribution < 1.29 is 4.79 Å². The normalized spacial score (nSPS) is 10.5. The van der Waals surface area contributed by atoms with Gasteiger partial charge < -0.3 is 5.32 Å². The number of nitrogens with zero attached hydrogens (tertiary/aromatic N) is 2. The maximum absolute atomic E-state index is 12.5. The standard InChI is InChI=1S/C19H15Cl2N3O/c1-12-14(19(25)24-16-9-5-8-15(20)18(16)21)11-22-17(23-12)10-13-6-3-2-4-7-13/h2-9,11H,10H2,1H3,(H,24,25). The Hall–Kier alpha value is -2.43. The van der Waals surface area contributed by atoms with Crippen LogP contribution in [0.15, 0.2) is 54.7 Å². The summed E-state index contributed by atoms with van der Waals surface area (Å²) in [4.78, 5) is 21.2. The molecule has 0 aliphatic carbocycles. The average Bonchev–Trinajstić information content (AvgIpc) is 2.60. The molecule has 6 heteroatoms. The van der Waals surface area contributed by atoms with Crippen LogP contribution in [0.4, 0.5) is 5.69 Å². The van der Waals surface area contributed by atoms with Crippen LogP contribution in [0.2, 0.25) is 10.0 Å². The lowest BCUT2D eigenvalue weighted by Crippen LogP contribution is -2.16. The van der Waals surface area contributed by atoms with Crippen LogP contribution in [0.25, 0.3) is 0 Å². The van der Waals surface area contributed by atoms with Crippen molar-refractivity contribution in [2.24, 2.45) is 0 Å². The molecule has 126 valence electrons. The highest BCUT2D eigenvalue weighted by atomic mass is 35.5. The summed E-state index contributed by atoms with van der Waals surface area (Å²) in [6.07, 6.45) is 2.15. The van der Waals surface area contributed by atoms with Crippen LogP contribution in [0, 0.1) is 6.92 Å². The number of anilines is 1. The second-order valence-electron chi connectivity index (χ2n) is 5.50. The van der Waals surface area contributed by atoms with Crippen LogP contribution in [-0.2, 0) is 6.42 Å². The van der Waals surface area contributed by atoms with E-state index in [0.29, 0.717) is 39.2 Å². The Morgan fingerprint density at radius 1 is 1.08 bits per heavy atom. The lowest BCUT2D eigenvalue weighted by Gasteiger charge is -2.10. The van der Waals surface area contributed by atoms with Gasteiger partial charge in [0.2, 0.25) is 0 Å². The third-order valence-electron chi connectivity index (χ3n) is 3.68. The van der Waals surface area contributed by atoms with Gasteiger partial charge in [-0.2, -0.15) is 0 Å². The maximum atomic E-state index is 12.5. The van der Waals surface area contributed by atoms with Crippen molar-refractivity contribution in [2.75, 3.05) is 5.32 Å². The summed E-state index contributed by atoms with van der Waals surface area (Å²) in [5.41, 5.74) is 2.57. The van der Waals surface area contributed by atoms with Crippen molar-refractivity contribution >= 4 is 34.8 Å². The first-order valence-electron chi connectivity index (χ1n) is 7.66. The molecular formula is C19H15Cl2N3O. The molecule has 1 N–H and O–H groups in total. The first-order chi connectivity index (χ1) is 12.0. The van der Waals surface area contributed by atoms with E-state index in [1.165, 1.54) is 6.20 Å². The fourth-order valence-electron chi connectivity index (χ4n) is 2.39. The van der Waals surface area contributed by atoms with Crippen LogP contribution in [0.5, 0.6) is 0 Å². The molecular weight excluding hydrogens is 357 g/mol. The molecule has 0 aliphatic rings. The molecule has 0 saturated heterocycles. The number of nitrogens with one attached hydrogen (secondary N) is 1. The van der Waals surface area contributed by atoms with Crippen LogP contribution < -0.4 is 5.32 Å². The van der Waals surface area contributed by atoms with Crippen LogP contribution in [0.3, 0.4) is 0 Å². The monoisotopic (exact) mass is 371 g/mol. The first-order valence-corrected chi connectivity index (χ1v) is 8.42. The second kappa shape index (κ2) is 7.64. The lowest BCUT2D eigenvalue weighted by atomic mass is 10.1. The number of aromatic nitrogens is 2. The van der Waals surface area contributed by atoms with Crippen molar-refractivity contribution in [1.29, 1.82) is 0 Å². The average molecular weight is 372 g/mol. The fraction of sp³-hybridized carbons (Fsp3) is 0.105. The van der Waals surface area contributed by atoms with Gasteiger partial charge >= 0.3 is 0 Å². The van der Waals surface area contributed by atoms with E-state index in [1.54, 1.807) is 25.1 Å². The molecule has 3 aromatic rings. The van der Waals surface area contributed by atoms with Crippen molar-refractivity contribution in [2.45, 2.75) is 13.3 Å². The number of carbonyl (C=O) groups excluding carboxylic acids is 1. The van der Waals surface area contributed by atoms with Crippen molar-refractivity contribution in [3.63, 3.8) is 0 Å². The quantitative estimate of drug-likeness (QED) is 0.706. The highest BCUT2D eigenvalue weighted by Crippen LogP contribution is 2.29. The van der Waals surface area contributed by atoms with Gasteiger partial charge in [-0.25, -0.2) is 9.97 Å². The molecule has 3 rings (SSSR count). The number of rotatable bonds is 4. The summed E-state index contributed by atoms with van der Waals surface area (Å²) in [7, 11) is 0. The number of carbonyl (C=O) groups is 1. The number of amides is 1. The molecule has 0 atom stereocenters. The van der Waals surface area contributed by atoms with E-state index in [9.17, 15) is 4.79 Å². The number of halogens is 2. The van der Waals surface area contributed by atoms with Gasteiger partial charge in [0.15, 0.2) is 0 Å². The zero-order chi connectivity index (χ0) is 17.8. The Kier molecular flexibility index (Phi) is 5.31. The molecule has 1 heterocycles. The third-order valence-corrected chi connectivity index (χ3v) is 4.50. The predicted molar refractivity (Wildman–Crippen MR) is 100 cm³/mol. The Balaban J connectivity index is 1.78. The zero-order valence-electron chi connectivity index (χ0n) is 13.5. The summed E-state index contributed by atoms with van der Waals surface area (Å²) < 4.78 is 0. The van der Waals surface area contributed by atoms with E-state index in [4.69, 9.17) is 23.2 Å². The molecule has 0 fully saturated rings. The topological polar surface area (TPSA) is 54.9 Å². The van der Waals surface area contributed by atoms with E-state index in [2.05, 4.69) is 15.3 Å². The van der Waals surface area contributed by atoms with Gasteiger partial charge in [0.05, 0.1) is 27.0 Å². The van der Waals surface area contributed by atoms with Crippen molar-refractivity contribution in [1.82, 2.24) is 9.97 Å². The number of aryl methyl sites for hydroxylation is 1. The van der Waals surface area contributed by atoms with Gasteiger partial charge in [-0.05, 0) is 24.6 Å². The molecule has 1 amide bonds. The molecule has 0 saturated carbocycles. The minimum absolute atomic E-state index is 0.303. The van der Waals surface area contributed by atoms with Crippen LogP contribution >= 0.6 is 23.2 Å². The predicted octanol–water partition coefficient (Wildman–Crippen LogP) is 4.93. The van der Waals surface area contributed by atoms with Gasteiger partial charge in [-0.1, -0.05) is 59.6 Å². The van der Waals surface area contributed by atoms with Crippen molar-refractivity contribution in [3.8, 4) is 0 Å². The minimum Gasteiger partial charge on any atom is -0.320 e. The molecule has 2 aromatic carbocycles. The summed E-state index contributed by atoms with van der Waals surface area (Å²) in [5, 5.41) is 3.42. The SMILES string of the molecule is Cc1nc(Cc2ccccc2)ncc1C(=O)Nc1cccc(Cl)c1Cl. The van der Waals surface area contributed by atoms with E-state index < -0.39 is 0 Å². The molecule has 4 nitrogen and oxygen atoms in total. The summed E-state index contributed by atoms with van der Waals surface area (Å²) >= 11 is 12.1. The Morgan fingerprint density at radius 3 is 2.56 bits per heavy atom. The van der Waals surface area contributed by atoms with Crippen LogP contribution in [-0.4, -0.2) is 15.9 Å². The number of hydrogen-bond acceptors (Lipinski definition) is 3. The van der Waals surface area contributed by atoms with Gasteiger partial charge in [-0.15, -0.1) is 0 Å². The van der Waals surface area contributed by atoms with Gasteiger partial charge in [-0.3, -0.25) is 4.79 Å². The first kappa shape index (κ1) is 17.4. The molecule has 1 aromatic heterocycles. The minimum atomic E-state index is -0.326. The van der Waals surface area contributed by atoms with Crippen LogP contribution in [0.1, 0.15) is 27.4 Å². The largest absolute Gasteiger partial charge is 0.320 e. The fourth-order valence-corrected chi connectivity index (χ4v) is 2.74. The Labute approximate surface area is 155 Å². The van der Waals surface area contributed by atoms with Gasteiger partial charge in [0.25, 0.3) is 5.91 Å². The van der Waals surface area contributed by atoms with E-state index in [-0.39, 0.29) is 5.91 Å².